The van der Waals surface area contributed by atoms with Gasteiger partial charge in [-0.2, -0.15) is 11.8 Å². The van der Waals surface area contributed by atoms with Crippen LogP contribution in [0, 0.1) is 0 Å². The highest BCUT2D eigenvalue weighted by Gasteiger charge is 2.43. The van der Waals surface area contributed by atoms with E-state index in [1.54, 1.807) is 0 Å². The van der Waals surface area contributed by atoms with Crippen LogP contribution < -0.4 is 5.32 Å². The summed E-state index contributed by atoms with van der Waals surface area (Å²) in [6, 6.07) is 10.4. The van der Waals surface area contributed by atoms with Crippen LogP contribution in [0.1, 0.15) is 18.4 Å². The summed E-state index contributed by atoms with van der Waals surface area (Å²) < 4.78 is 0. The number of benzene rings is 1. The molecule has 1 aromatic carbocycles. The maximum atomic E-state index is 13.2. The monoisotopic (exact) mass is 290 g/mol. The number of nitrogens with zero attached hydrogens (tertiary/aromatic N) is 1. The van der Waals surface area contributed by atoms with Gasteiger partial charge in [0.05, 0.1) is 5.41 Å². The Hall–Kier alpha value is -1.00. The summed E-state index contributed by atoms with van der Waals surface area (Å²) in [6.45, 7) is 3.68. The molecular weight excluding hydrogens is 268 g/mol. The predicted molar refractivity (Wildman–Crippen MR) is 84.1 cm³/mol. The molecule has 0 aliphatic carbocycles. The van der Waals surface area contributed by atoms with Crippen molar-refractivity contribution in [3.05, 3.63) is 35.9 Å². The highest BCUT2D eigenvalue weighted by molar-refractivity contribution is 7.99. The number of amides is 1. The number of hydrogen-bond donors (Lipinski definition) is 1. The minimum absolute atomic E-state index is 0.297. The van der Waals surface area contributed by atoms with Crippen molar-refractivity contribution in [2.24, 2.45) is 0 Å². The van der Waals surface area contributed by atoms with Crippen LogP contribution in [-0.2, 0) is 10.2 Å². The lowest BCUT2D eigenvalue weighted by Crippen LogP contribution is -2.53. The zero-order valence-electron chi connectivity index (χ0n) is 11.8. The normalized spacial score (nSPS) is 22.5. The number of rotatable bonds is 2. The number of nitrogens with one attached hydrogen (secondary N) is 1. The molecule has 1 N–H and O–H groups in total. The number of thioether (sulfide) groups is 1. The van der Waals surface area contributed by atoms with Gasteiger partial charge in [-0.3, -0.25) is 4.79 Å². The number of carbonyl (C=O) groups is 1. The van der Waals surface area contributed by atoms with Crippen molar-refractivity contribution < 1.29 is 4.79 Å². The van der Waals surface area contributed by atoms with Crippen molar-refractivity contribution in [3.8, 4) is 0 Å². The van der Waals surface area contributed by atoms with Crippen LogP contribution in [0.5, 0.6) is 0 Å². The Kier molecular flexibility index (Phi) is 4.32. The summed E-state index contributed by atoms with van der Waals surface area (Å²) in [4.78, 5) is 15.3. The van der Waals surface area contributed by atoms with Gasteiger partial charge < -0.3 is 10.2 Å². The Balaban J connectivity index is 1.91. The minimum Gasteiger partial charge on any atom is -0.340 e. The zero-order valence-corrected chi connectivity index (χ0v) is 12.6. The first-order chi connectivity index (χ1) is 9.83. The maximum absolute atomic E-state index is 13.2. The van der Waals surface area contributed by atoms with Crippen LogP contribution in [0.15, 0.2) is 30.3 Å². The van der Waals surface area contributed by atoms with E-state index >= 15 is 0 Å². The van der Waals surface area contributed by atoms with Crippen LogP contribution in [-0.4, -0.2) is 48.5 Å². The summed E-state index contributed by atoms with van der Waals surface area (Å²) in [5.41, 5.74) is 0.902. The van der Waals surface area contributed by atoms with E-state index < -0.39 is 0 Å². The van der Waals surface area contributed by atoms with Gasteiger partial charge in [0.15, 0.2) is 0 Å². The molecule has 2 aliphatic heterocycles. The van der Waals surface area contributed by atoms with E-state index in [1.165, 1.54) is 5.56 Å². The van der Waals surface area contributed by atoms with Gasteiger partial charge >= 0.3 is 0 Å². The van der Waals surface area contributed by atoms with Gasteiger partial charge in [-0.05, 0) is 31.5 Å². The van der Waals surface area contributed by atoms with Crippen molar-refractivity contribution in [2.45, 2.75) is 18.3 Å². The lowest BCUT2D eigenvalue weighted by Gasteiger charge is -2.41. The van der Waals surface area contributed by atoms with Gasteiger partial charge in [0, 0.05) is 24.6 Å². The Bertz CT molecular complexity index is 451. The molecule has 0 atom stereocenters. The molecular formula is C16H22N2OS. The number of carbonyl (C=O) groups excluding carboxylic acids is 1. The molecule has 0 spiro atoms. The highest BCUT2D eigenvalue weighted by Crippen LogP contribution is 2.36. The molecule has 0 unspecified atom stereocenters. The van der Waals surface area contributed by atoms with Crippen molar-refractivity contribution in [2.75, 3.05) is 37.7 Å². The van der Waals surface area contributed by atoms with Gasteiger partial charge in [-0.25, -0.2) is 0 Å². The average Bonchev–Trinajstić information content (AvgIpc) is 2.56. The van der Waals surface area contributed by atoms with Gasteiger partial charge in [-0.15, -0.1) is 0 Å². The summed E-state index contributed by atoms with van der Waals surface area (Å²) >= 11 is 1.95. The van der Waals surface area contributed by atoms with E-state index in [9.17, 15) is 4.79 Å². The average molecular weight is 290 g/mol. The van der Waals surface area contributed by atoms with Crippen LogP contribution in [0.2, 0.25) is 0 Å². The SMILES string of the molecule is O=C(N1CCSCC1)C1(c2ccccc2)CCNCC1. The molecule has 2 heterocycles. The van der Waals surface area contributed by atoms with Crippen molar-refractivity contribution >= 4 is 17.7 Å². The predicted octanol–water partition coefficient (Wildman–Crippen LogP) is 1.88. The third kappa shape index (κ3) is 2.59. The molecule has 20 heavy (non-hydrogen) atoms. The van der Waals surface area contributed by atoms with Crippen molar-refractivity contribution in [3.63, 3.8) is 0 Å². The molecule has 3 rings (SSSR count). The van der Waals surface area contributed by atoms with Gasteiger partial charge in [0.25, 0.3) is 0 Å². The molecule has 0 bridgehead atoms. The fourth-order valence-electron chi connectivity index (χ4n) is 3.31. The van der Waals surface area contributed by atoms with E-state index in [2.05, 4.69) is 34.5 Å². The first-order valence-electron chi connectivity index (χ1n) is 7.46. The van der Waals surface area contributed by atoms with Gasteiger partial charge in [-0.1, -0.05) is 30.3 Å². The maximum Gasteiger partial charge on any atom is 0.233 e. The lowest BCUT2D eigenvalue weighted by molar-refractivity contribution is -0.138. The second kappa shape index (κ2) is 6.19. The summed E-state index contributed by atoms with van der Waals surface area (Å²) in [7, 11) is 0. The molecule has 108 valence electrons. The second-order valence-electron chi connectivity index (χ2n) is 5.60. The topological polar surface area (TPSA) is 32.3 Å². The Morgan fingerprint density at radius 1 is 1.10 bits per heavy atom. The highest BCUT2D eigenvalue weighted by atomic mass is 32.2. The van der Waals surface area contributed by atoms with E-state index in [4.69, 9.17) is 0 Å². The third-order valence-corrected chi connectivity index (χ3v) is 5.43. The Labute approximate surface area is 125 Å². The largest absolute Gasteiger partial charge is 0.340 e. The Morgan fingerprint density at radius 3 is 2.40 bits per heavy atom. The van der Waals surface area contributed by atoms with Crippen LogP contribution in [0.3, 0.4) is 0 Å². The minimum atomic E-state index is -0.297. The molecule has 0 saturated carbocycles. The van der Waals surface area contributed by atoms with Gasteiger partial charge in [0.1, 0.15) is 0 Å². The molecule has 0 radical (unpaired) electrons. The second-order valence-corrected chi connectivity index (χ2v) is 6.83. The molecule has 3 nitrogen and oxygen atoms in total. The number of piperidine rings is 1. The summed E-state index contributed by atoms with van der Waals surface area (Å²) in [5.74, 6) is 2.51. The third-order valence-electron chi connectivity index (χ3n) is 4.49. The van der Waals surface area contributed by atoms with Gasteiger partial charge in [0.2, 0.25) is 5.91 Å². The fraction of sp³-hybridized carbons (Fsp3) is 0.562. The zero-order chi connectivity index (χ0) is 13.8. The van der Waals surface area contributed by atoms with Crippen LogP contribution in [0.4, 0.5) is 0 Å². The molecule has 1 aromatic rings. The lowest BCUT2D eigenvalue weighted by atomic mass is 9.72. The van der Waals surface area contributed by atoms with Crippen molar-refractivity contribution in [1.82, 2.24) is 10.2 Å². The summed E-state index contributed by atoms with van der Waals surface area (Å²) in [5, 5.41) is 3.39. The van der Waals surface area contributed by atoms with Crippen molar-refractivity contribution in [1.29, 1.82) is 0 Å². The number of hydrogen-bond acceptors (Lipinski definition) is 3. The molecule has 1 amide bonds. The standard InChI is InChI=1S/C16H22N2OS/c19-15(18-10-12-20-13-11-18)16(6-8-17-9-7-16)14-4-2-1-3-5-14/h1-5,17H,6-13H2. The first kappa shape index (κ1) is 14.0. The Morgan fingerprint density at radius 2 is 1.75 bits per heavy atom. The first-order valence-corrected chi connectivity index (χ1v) is 8.62. The molecule has 4 heteroatoms. The van der Waals surface area contributed by atoms with E-state index in [0.717, 1.165) is 50.5 Å². The quantitative estimate of drug-likeness (QED) is 0.903. The van der Waals surface area contributed by atoms with Crippen LogP contribution >= 0.6 is 11.8 Å². The smallest absolute Gasteiger partial charge is 0.233 e. The van der Waals surface area contributed by atoms with E-state index in [0.29, 0.717) is 5.91 Å². The van der Waals surface area contributed by atoms with E-state index in [-0.39, 0.29) is 5.41 Å². The fourth-order valence-corrected chi connectivity index (χ4v) is 4.21. The van der Waals surface area contributed by atoms with Crippen LogP contribution in [0.25, 0.3) is 0 Å². The van der Waals surface area contributed by atoms with E-state index in [1.807, 2.05) is 17.8 Å². The molecule has 2 saturated heterocycles. The summed E-state index contributed by atoms with van der Waals surface area (Å²) in [6.07, 6.45) is 1.83. The molecule has 2 aliphatic rings. The molecule has 0 aromatic heterocycles. The molecule has 2 fully saturated rings.